The number of pyridine rings is 1. The first kappa shape index (κ1) is 19.8. The molecule has 0 radical (unpaired) electrons. The number of aryl methyl sites for hydroxylation is 2. The number of benzene rings is 2. The van der Waals surface area contributed by atoms with Crippen molar-refractivity contribution in [1.29, 1.82) is 5.26 Å². The Bertz CT molecular complexity index is 944. The van der Waals surface area contributed by atoms with Gasteiger partial charge < -0.3 is 4.74 Å². The zero-order chi connectivity index (χ0) is 19.8. The second kappa shape index (κ2) is 9.82. The Labute approximate surface area is 167 Å². The number of nitriles is 1. The Morgan fingerprint density at radius 3 is 2.61 bits per heavy atom. The fourth-order valence-electron chi connectivity index (χ4n) is 3.61. The molecule has 0 saturated heterocycles. The largest absolute Gasteiger partial charge is 0.385 e. The molecule has 0 spiro atoms. The minimum atomic E-state index is -0.194. The molecule has 0 aliphatic carbocycles. The van der Waals surface area contributed by atoms with E-state index in [1.807, 2.05) is 18.2 Å². The van der Waals surface area contributed by atoms with Crippen molar-refractivity contribution >= 4 is 0 Å². The molecular weight excluding hydrogens is 344 g/mol. The van der Waals surface area contributed by atoms with Gasteiger partial charge in [-0.05, 0) is 59.7 Å². The van der Waals surface area contributed by atoms with Gasteiger partial charge in [0, 0.05) is 32.0 Å². The molecular formula is C25H26N2O. The van der Waals surface area contributed by atoms with Crippen molar-refractivity contribution in [3.63, 3.8) is 0 Å². The molecule has 0 bridgehead atoms. The highest BCUT2D eigenvalue weighted by molar-refractivity contribution is 5.69. The summed E-state index contributed by atoms with van der Waals surface area (Å²) in [5, 5.41) is 9.73. The molecule has 0 amide bonds. The molecule has 142 valence electrons. The van der Waals surface area contributed by atoms with Gasteiger partial charge in [0.1, 0.15) is 0 Å². The summed E-state index contributed by atoms with van der Waals surface area (Å²) in [7, 11) is 1.74. The third kappa shape index (κ3) is 4.85. The Kier molecular flexibility index (Phi) is 6.94. The van der Waals surface area contributed by atoms with E-state index in [2.05, 4.69) is 60.4 Å². The lowest BCUT2D eigenvalue weighted by Gasteiger charge is -2.15. The van der Waals surface area contributed by atoms with Crippen molar-refractivity contribution in [1.82, 2.24) is 4.98 Å². The lowest BCUT2D eigenvalue weighted by Crippen LogP contribution is -2.04. The molecule has 0 aliphatic rings. The maximum Gasteiger partial charge on any atom is 0.0770 e. The predicted octanol–water partition coefficient (Wildman–Crippen LogP) is 5.49. The number of aromatic nitrogens is 1. The second-order valence-corrected chi connectivity index (χ2v) is 7.03. The van der Waals surface area contributed by atoms with E-state index in [0.29, 0.717) is 6.42 Å². The van der Waals surface area contributed by atoms with Crippen molar-refractivity contribution in [3.8, 4) is 17.2 Å². The smallest absolute Gasteiger partial charge is 0.0770 e. The van der Waals surface area contributed by atoms with Crippen molar-refractivity contribution < 1.29 is 4.74 Å². The molecule has 28 heavy (non-hydrogen) atoms. The number of rotatable bonds is 8. The molecule has 0 fully saturated rings. The van der Waals surface area contributed by atoms with E-state index in [4.69, 9.17) is 4.74 Å². The highest BCUT2D eigenvalue weighted by Crippen LogP contribution is 2.30. The monoisotopic (exact) mass is 370 g/mol. The van der Waals surface area contributed by atoms with Gasteiger partial charge in [0.15, 0.2) is 0 Å². The predicted molar refractivity (Wildman–Crippen MR) is 113 cm³/mol. The van der Waals surface area contributed by atoms with Gasteiger partial charge in [0.05, 0.1) is 12.0 Å². The quantitative estimate of drug-likeness (QED) is 0.493. The van der Waals surface area contributed by atoms with Crippen LogP contribution < -0.4 is 0 Å². The lowest BCUT2D eigenvalue weighted by atomic mass is 9.88. The third-order valence-corrected chi connectivity index (χ3v) is 5.06. The fraction of sp³-hybridized carbons (Fsp3) is 0.280. The summed E-state index contributed by atoms with van der Waals surface area (Å²) in [6.07, 6.45) is 4.40. The summed E-state index contributed by atoms with van der Waals surface area (Å²) in [5.41, 5.74) is 6.95. The molecule has 1 unspecified atom stereocenters. The number of hydrogen-bond acceptors (Lipinski definition) is 3. The molecule has 3 aromatic rings. The Morgan fingerprint density at radius 2 is 1.89 bits per heavy atom. The summed E-state index contributed by atoms with van der Waals surface area (Å²) in [6, 6.07) is 23.3. The van der Waals surface area contributed by atoms with E-state index in [-0.39, 0.29) is 5.92 Å². The van der Waals surface area contributed by atoms with E-state index >= 15 is 0 Å². The summed E-state index contributed by atoms with van der Waals surface area (Å²) in [4.78, 5) is 4.37. The first-order valence-corrected chi connectivity index (χ1v) is 9.70. The first-order valence-electron chi connectivity index (χ1n) is 9.70. The minimum absolute atomic E-state index is 0.194. The summed E-state index contributed by atoms with van der Waals surface area (Å²) < 4.78 is 5.20. The van der Waals surface area contributed by atoms with Crippen LogP contribution in [0, 0.1) is 18.3 Å². The van der Waals surface area contributed by atoms with Crippen molar-refractivity contribution in [2.45, 2.75) is 32.1 Å². The van der Waals surface area contributed by atoms with Gasteiger partial charge in [-0.2, -0.15) is 5.26 Å². The van der Waals surface area contributed by atoms with Gasteiger partial charge >= 0.3 is 0 Å². The van der Waals surface area contributed by atoms with E-state index < -0.39 is 0 Å². The standard InChI is InChI=1S/C25H26N2O/c1-19-16-21(25-11-4-3-8-20(25)9-7-15-28-2)12-13-24(19)22(18-26)17-23-10-5-6-14-27-23/h3-6,8,10-14,16,22H,7,9,15,17H2,1-2H3. The van der Waals surface area contributed by atoms with Crippen LogP contribution in [0.3, 0.4) is 0 Å². The average Bonchev–Trinajstić information content (AvgIpc) is 2.73. The van der Waals surface area contributed by atoms with E-state index in [1.165, 1.54) is 16.7 Å². The number of hydrogen-bond donors (Lipinski definition) is 0. The zero-order valence-corrected chi connectivity index (χ0v) is 16.6. The second-order valence-electron chi connectivity index (χ2n) is 7.03. The fourth-order valence-corrected chi connectivity index (χ4v) is 3.61. The molecule has 0 N–H and O–H groups in total. The number of nitrogens with zero attached hydrogens (tertiary/aromatic N) is 2. The molecule has 3 heteroatoms. The van der Waals surface area contributed by atoms with Crippen LogP contribution >= 0.6 is 0 Å². The Morgan fingerprint density at radius 1 is 1.07 bits per heavy atom. The molecule has 2 aromatic carbocycles. The van der Waals surface area contributed by atoms with E-state index in [9.17, 15) is 5.26 Å². The maximum absolute atomic E-state index is 9.73. The topological polar surface area (TPSA) is 45.9 Å². The van der Waals surface area contributed by atoms with Gasteiger partial charge in [0.25, 0.3) is 0 Å². The van der Waals surface area contributed by atoms with E-state index in [0.717, 1.165) is 36.3 Å². The van der Waals surface area contributed by atoms with Crippen LogP contribution in [0.1, 0.15) is 34.7 Å². The molecule has 1 atom stereocenters. The minimum Gasteiger partial charge on any atom is -0.385 e. The van der Waals surface area contributed by atoms with Crippen LogP contribution in [0.2, 0.25) is 0 Å². The van der Waals surface area contributed by atoms with Crippen molar-refractivity contribution in [2.75, 3.05) is 13.7 Å². The zero-order valence-electron chi connectivity index (χ0n) is 16.6. The maximum atomic E-state index is 9.73. The highest BCUT2D eigenvalue weighted by atomic mass is 16.5. The molecule has 0 saturated carbocycles. The van der Waals surface area contributed by atoms with Crippen LogP contribution in [0.15, 0.2) is 66.9 Å². The summed E-state index contributed by atoms with van der Waals surface area (Å²) >= 11 is 0. The Balaban J connectivity index is 1.85. The van der Waals surface area contributed by atoms with Gasteiger partial charge in [-0.15, -0.1) is 0 Å². The molecule has 3 nitrogen and oxygen atoms in total. The SMILES string of the molecule is COCCCc1ccccc1-c1ccc(C(C#N)Cc2ccccn2)c(C)c1. The van der Waals surface area contributed by atoms with Crippen LogP contribution in [0.5, 0.6) is 0 Å². The molecule has 0 aliphatic heterocycles. The first-order chi connectivity index (χ1) is 13.7. The lowest BCUT2D eigenvalue weighted by molar-refractivity contribution is 0.195. The highest BCUT2D eigenvalue weighted by Gasteiger charge is 2.16. The molecule has 1 heterocycles. The van der Waals surface area contributed by atoms with Gasteiger partial charge in [-0.1, -0.05) is 48.5 Å². The van der Waals surface area contributed by atoms with Crippen molar-refractivity contribution in [3.05, 3.63) is 89.2 Å². The van der Waals surface area contributed by atoms with Crippen LogP contribution in [-0.4, -0.2) is 18.7 Å². The summed E-state index contributed by atoms with van der Waals surface area (Å²) in [6.45, 7) is 2.86. The van der Waals surface area contributed by atoms with Crippen LogP contribution in [-0.2, 0) is 17.6 Å². The average molecular weight is 370 g/mol. The normalized spacial score (nSPS) is 11.8. The van der Waals surface area contributed by atoms with Gasteiger partial charge in [-0.3, -0.25) is 4.98 Å². The molecule has 3 rings (SSSR count). The van der Waals surface area contributed by atoms with Crippen molar-refractivity contribution in [2.24, 2.45) is 0 Å². The molecule has 1 aromatic heterocycles. The Hall–Kier alpha value is -2.96. The van der Waals surface area contributed by atoms with Crippen LogP contribution in [0.25, 0.3) is 11.1 Å². The third-order valence-electron chi connectivity index (χ3n) is 5.06. The van der Waals surface area contributed by atoms with E-state index in [1.54, 1.807) is 13.3 Å². The summed E-state index contributed by atoms with van der Waals surface area (Å²) in [5.74, 6) is -0.194. The van der Waals surface area contributed by atoms with Crippen LogP contribution in [0.4, 0.5) is 0 Å². The van der Waals surface area contributed by atoms with Gasteiger partial charge in [-0.25, -0.2) is 0 Å². The number of methoxy groups -OCH3 is 1. The number of ether oxygens (including phenoxy) is 1. The van der Waals surface area contributed by atoms with Gasteiger partial charge in [0.2, 0.25) is 0 Å².